The van der Waals surface area contributed by atoms with E-state index >= 15 is 0 Å². The van der Waals surface area contributed by atoms with Gasteiger partial charge in [0.2, 0.25) is 10.0 Å². The van der Waals surface area contributed by atoms with Gasteiger partial charge in [-0.15, -0.1) is 0 Å². The molecule has 0 bridgehead atoms. The van der Waals surface area contributed by atoms with E-state index in [9.17, 15) is 8.42 Å². The molecule has 7 nitrogen and oxygen atoms in total. The van der Waals surface area contributed by atoms with Gasteiger partial charge >= 0.3 is 0 Å². The van der Waals surface area contributed by atoms with Crippen molar-refractivity contribution >= 4 is 15.8 Å². The molecule has 0 saturated heterocycles. The maximum Gasteiger partial charge on any atom is 0.214 e. The molecular weight excluding hydrogens is 290 g/mol. The summed E-state index contributed by atoms with van der Waals surface area (Å²) in [6.45, 7) is 0.829. The van der Waals surface area contributed by atoms with Crippen molar-refractivity contribution < 1.29 is 8.42 Å². The van der Waals surface area contributed by atoms with Gasteiger partial charge in [0.1, 0.15) is 18.0 Å². The van der Waals surface area contributed by atoms with Crippen molar-refractivity contribution in [3.8, 4) is 5.82 Å². The molecule has 2 heterocycles. The molecule has 0 amide bonds. The summed E-state index contributed by atoms with van der Waals surface area (Å²) >= 11 is 0. The van der Waals surface area contributed by atoms with Gasteiger partial charge in [-0.1, -0.05) is 0 Å². The minimum Gasteiger partial charge on any atom is -0.369 e. The Labute approximate surface area is 123 Å². The van der Waals surface area contributed by atoms with Crippen LogP contribution in [0.5, 0.6) is 0 Å². The number of aromatic nitrogens is 3. The summed E-state index contributed by atoms with van der Waals surface area (Å²) in [5.74, 6) is 1.43. The van der Waals surface area contributed by atoms with Gasteiger partial charge in [-0.2, -0.15) is 0 Å². The van der Waals surface area contributed by atoms with Crippen LogP contribution in [0.1, 0.15) is 12.8 Å². The van der Waals surface area contributed by atoms with Gasteiger partial charge in [0, 0.05) is 31.5 Å². The number of nitrogens with zero attached hydrogens (tertiary/aromatic N) is 3. The quantitative estimate of drug-likeness (QED) is 0.737. The maximum atomic E-state index is 11.6. The Morgan fingerprint density at radius 1 is 1.19 bits per heavy atom. The number of rotatable bonds is 7. The zero-order valence-electron chi connectivity index (χ0n) is 11.4. The smallest absolute Gasteiger partial charge is 0.214 e. The molecule has 8 heteroatoms. The lowest BCUT2D eigenvalue weighted by Gasteiger charge is -2.08. The third-order valence-electron chi connectivity index (χ3n) is 3.22. The van der Waals surface area contributed by atoms with E-state index in [2.05, 4.69) is 20.0 Å². The van der Waals surface area contributed by atoms with Crippen LogP contribution >= 0.6 is 0 Å². The molecule has 0 unspecified atom stereocenters. The van der Waals surface area contributed by atoms with E-state index in [1.165, 1.54) is 6.33 Å². The highest BCUT2D eigenvalue weighted by Crippen LogP contribution is 2.27. The second-order valence-electron chi connectivity index (χ2n) is 4.92. The summed E-state index contributed by atoms with van der Waals surface area (Å²) < 4.78 is 27.8. The van der Waals surface area contributed by atoms with Gasteiger partial charge in [-0.05, 0) is 25.0 Å². The standard InChI is InChI=1S/C13H17N5O2S/c19-21(20,11-3-4-11)17-6-5-14-12-9-13(16-10-15-12)18-7-1-2-8-18/h1-2,7-11,17H,3-6H2,(H,14,15,16). The van der Waals surface area contributed by atoms with Crippen LogP contribution in [0.25, 0.3) is 5.82 Å². The second kappa shape index (κ2) is 5.82. The highest BCUT2D eigenvalue weighted by atomic mass is 32.2. The molecule has 2 aromatic heterocycles. The molecule has 1 saturated carbocycles. The summed E-state index contributed by atoms with van der Waals surface area (Å²) in [5, 5.41) is 2.90. The van der Waals surface area contributed by atoms with Crippen LogP contribution in [0.3, 0.4) is 0 Å². The molecular formula is C13H17N5O2S. The van der Waals surface area contributed by atoms with Gasteiger partial charge < -0.3 is 9.88 Å². The number of hydrogen-bond donors (Lipinski definition) is 2. The average Bonchev–Trinajstić information content (AvgIpc) is 3.21. The fourth-order valence-corrected chi connectivity index (χ4v) is 3.33. The molecule has 112 valence electrons. The average molecular weight is 307 g/mol. The third-order valence-corrected chi connectivity index (χ3v) is 5.17. The van der Waals surface area contributed by atoms with Crippen LogP contribution in [0.15, 0.2) is 36.9 Å². The van der Waals surface area contributed by atoms with Crippen molar-refractivity contribution in [2.45, 2.75) is 18.1 Å². The largest absolute Gasteiger partial charge is 0.369 e. The van der Waals surface area contributed by atoms with Crippen molar-refractivity contribution in [3.05, 3.63) is 36.9 Å². The summed E-state index contributed by atoms with van der Waals surface area (Å²) in [7, 11) is -3.11. The number of anilines is 1. The van der Waals surface area contributed by atoms with E-state index in [0.717, 1.165) is 18.7 Å². The maximum absolute atomic E-state index is 11.6. The van der Waals surface area contributed by atoms with Crippen molar-refractivity contribution in [1.82, 2.24) is 19.3 Å². The highest BCUT2D eigenvalue weighted by Gasteiger charge is 2.35. The summed E-state index contributed by atoms with van der Waals surface area (Å²) in [6, 6.07) is 5.65. The number of sulfonamides is 1. The molecule has 2 N–H and O–H groups in total. The van der Waals surface area contributed by atoms with Crippen LogP contribution in [0, 0.1) is 0 Å². The van der Waals surface area contributed by atoms with Crippen LogP contribution in [0.2, 0.25) is 0 Å². The normalized spacial score (nSPS) is 15.0. The van der Waals surface area contributed by atoms with Gasteiger partial charge in [0.05, 0.1) is 5.25 Å². The van der Waals surface area contributed by atoms with E-state index in [0.29, 0.717) is 18.9 Å². The Morgan fingerprint density at radius 2 is 1.95 bits per heavy atom. The zero-order valence-corrected chi connectivity index (χ0v) is 12.3. The molecule has 1 aliphatic carbocycles. The minimum absolute atomic E-state index is 0.183. The first-order valence-corrected chi connectivity index (χ1v) is 8.37. The van der Waals surface area contributed by atoms with E-state index < -0.39 is 10.0 Å². The van der Waals surface area contributed by atoms with Gasteiger partial charge in [-0.3, -0.25) is 0 Å². The van der Waals surface area contributed by atoms with Crippen molar-refractivity contribution in [2.24, 2.45) is 0 Å². The molecule has 0 spiro atoms. The number of nitrogens with one attached hydrogen (secondary N) is 2. The molecule has 21 heavy (non-hydrogen) atoms. The lowest BCUT2D eigenvalue weighted by Crippen LogP contribution is -2.31. The van der Waals surface area contributed by atoms with Crippen molar-refractivity contribution in [3.63, 3.8) is 0 Å². The van der Waals surface area contributed by atoms with Gasteiger partial charge in [-0.25, -0.2) is 23.1 Å². The Balaban J connectivity index is 1.52. The monoisotopic (exact) mass is 307 g/mol. The Bertz CT molecular complexity index is 695. The lowest BCUT2D eigenvalue weighted by atomic mass is 10.5. The lowest BCUT2D eigenvalue weighted by molar-refractivity contribution is 0.581. The molecule has 0 atom stereocenters. The first-order valence-electron chi connectivity index (χ1n) is 6.83. The van der Waals surface area contributed by atoms with E-state index in [1.807, 2.05) is 35.2 Å². The second-order valence-corrected chi connectivity index (χ2v) is 6.96. The van der Waals surface area contributed by atoms with Crippen LogP contribution in [-0.4, -0.2) is 41.3 Å². The Morgan fingerprint density at radius 3 is 2.67 bits per heavy atom. The topological polar surface area (TPSA) is 88.9 Å². The summed E-state index contributed by atoms with van der Waals surface area (Å²) in [4.78, 5) is 8.30. The van der Waals surface area contributed by atoms with Crippen LogP contribution in [0.4, 0.5) is 5.82 Å². The van der Waals surface area contributed by atoms with E-state index in [1.54, 1.807) is 0 Å². The Kier molecular flexibility index (Phi) is 3.89. The van der Waals surface area contributed by atoms with E-state index in [-0.39, 0.29) is 5.25 Å². The van der Waals surface area contributed by atoms with Gasteiger partial charge in [0.15, 0.2) is 0 Å². The Hall–Kier alpha value is -1.93. The van der Waals surface area contributed by atoms with Crippen LogP contribution < -0.4 is 10.0 Å². The molecule has 3 rings (SSSR count). The van der Waals surface area contributed by atoms with E-state index in [4.69, 9.17) is 0 Å². The minimum atomic E-state index is -3.11. The SMILES string of the molecule is O=S(=O)(NCCNc1cc(-n2cccc2)ncn1)C1CC1. The molecule has 0 aliphatic heterocycles. The fourth-order valence-electron chi connectivity index (χ4n) is 1.95. The summed E-state index contributed by atoms with van der Waals surface area (Å²) in [5.41, 5.74) is 0. The first-order chi connectivity index (χ1) is 10.1. The summed E-state index contributed by atoms with van der Waals surface area (Å²) in [6.07, 6.45) is 6.82. The van der Waals surface area contributed by atoms with Gasteiger partial charge in [0.25, 0.3) is 0 Å². The molecule has 0 radical (unpaired) electrons. The molecule has 1 fully saturated rings. The zero-order chi connectivity index (χ0) is 14.7. The number of hydrogen-bond acceptors (Lipinski definition) is 5. The first kappa shape index (κ1) is 14.0. The predicted molar refractivity (Wildman–Crippen MR) is 79.8 cm³/mol. The molecule has 2 aromatic rings. The van der Waals surface area contributed by atoms with Crippen molar-refractivity contribution in [1.29, 1.82) is 0 Å². The van der Waals surface area contributed by atoms with Crippen molar-refractivity contribution in [2.75, 3.05) is 18.4 Å². The fraction of sp³-hybridized carbons (Fsp3) is 0.385. The predicted octanol–water partition coefficient (Wildman–Crippen LogP) is 0.761. The third kappa shape index (κ3) is 3.59. The highest BCUT2D eigenvalue weighted by molar-refractivity contribution is 7.90. The molecule has 0 aromatic carbocycles. The molecule has 1 aliphatic rings. The van der Waals surface area contributed by atoms with Crippen LogP contribution in [-0.2, 0) is 10.0 Å².